The van der Waals surface area contributed by atoms with Crippen LogP contribution in [0, 0.1) is 21.7 Å². The standard InChI is InChI=1S/C12H8F2N2O4S/c13-8-4-5-12(11(14)6-8)21(19,20)15-9-2-1-3-10(7-9)16(17)18/h1-7,15H. The van der Waals surface area contributed by atoms with Crippen molar-refractivity contribution in [3.05, 3.63) is 64.2 Å². The number of sulfonamides is 1. The molecule has 0 saturated heterocycles. The highest BCUT2D eigenvalue weighted by molar-refractivity contribution is 7.92. The summed E-state index contributed by atoms with van der Waals surface area (Å²) in [5.41, 5.74) is -0.428. The van der Waals surface area contributed by atoms with Crippen LogP contribution in [0.5, 0.6) is 0 Å². The third kappa shape index (κ3) is 3.31. The second-order valence-corrected chi connectivity index (χ2v) is 5.64. The van der Waals surface area contributed by atoms with Crippen LogP contribution >= 0.6 is 0 Å². The van der Waals surface area contributed by atoms with Gasteiger partial charge in [0.2, 0.25) is 0 Å². The second kappa shape index (κ2) is 5.44. The lowest BCUT2D eigenvalue weighted by molar-refractivity contribution is -0.384. The van der Waals surface area contributed by atoms with E-state index < -0.39 is 31.5 Å². The molecule has 2 rings (SSSR count). The summed E-state index contributed by atoms with van der Waals surface area (Å²) in [5, 5.41) is 10.6. The summed E-state index contributed by atoms with van der Waals surface area (Å²) in [6.45, 7) is 0. The molecule has 0 amide bonds. The fourth-order valence-corrected chi connectivity index (χ4v) is 2.70. The Morgan fingerprint density at radius 2 is 1.81 bits per heavy atom. The highest BCUT2D eigenvalue weighted by Crippen LogP contribution is 2.22. The number of halogens is 2. The van der Waals surface area contributed by atoms with Gasteiger partial charge in [0.25, 0.3) is 15.7 Å². The highest BCUT2D eigenvalue weighted by Gasteiger charge is 2.20. The Labute approximate surface area is 118 Å². The van der Waals surface area contributed by atoms with Crippen LogP contribution < -0.4 is 4.72 Å². The zero-order valence-corrected chi connectivity index (χ0v) is 11.1. The van der Waals surface area contributed by atoms with E-state index in [1.807, 2.05) is 4.72 Å². The monoisotopic (exact) mass is 314 g/mol. The van der Waals surface area contributed by atoms with Crippen LogP contribution in [-0.4, -0.2) is 13.3 Å². The van der Waals surface area contributed by atoms with Gasteiger partial charge in [-0.05, 0) is 18.2 Å². The molecule has 2 aromatic carbocycles. The lowest BCUT2D eigenvalue weighted by Gasteiger charge is -2.08. The largest absolute Gasteiger partial charge is 0.279 e. The summed E-state index contributed by atoms with van der Waals surface area (Å²) in [5.74, 6) is -2.17. The number of nitrogens with zero attached hydrogens (tertiary/aromatic N) is 1. The SMILES string of the molecule is O=[N+]([O-])c1cccc(NS(=O)(=O)c2ccc(F)cc2F)c1. The zero-order valence-electron chi connectivity index (χ0n) is 10.3. The van der Waals surface area contributed by atoms with Crippen molar-refractivity contribution in [3.63, 3.8) is 0 Å². The quantitative estimate of drug-likeness (QED) is 0.694. The predicted octanol–water partition coefficient (Wildman–Crippen LogP) is 2.67. The molecular weight excluding hydrogens is 306 g/mol. The maximum atomic E-state index is 13.5. The topological polar surface area (TPSA) is 89.3 Å². The molecule has 0 radical (unpaired) electrons. The number of hydrogen-bond acceptors (Lipinski definition) is 4. The van der Waals surface area contributed by atoms with Gasteiger partial charge in [0.1, 0.15) is 16.5 Å². The Morgan fingerprint density at radius 1 is 1.10 bits per heavy atom. The Morgan fingerprint density at radius 3 is 2.43 bits per heavy atom. The molecule has 0 aromatic heterocycles. The molecule has 0 aliphatic rings. The number of hydrogen-bond donors (Lipinski definition) is 1. The first-order chi connectivity index (χ1) is 9.79. The molecule has 0 atom stereocenters. The minimum Gasteiger partial charge on any atom is -0.279 e. The van der Waals surface area contributed by atoms with Crippen LogP contribution in [-0.2, 0) is 10.0 Å². The van der Waals surface area contributed by atoms with E-state index in [1.54, 1.807) is 0 Å². The molecule has 1 N–H and O–H groups in total. The van der Waals surface area contributed by atoms with Crippen LogP contribution in [0.2, 0.25) is 0 Å². The maximum Gasteiger partial charge on any atom is 0.271 e. The molecule has 110 valence electrons. The Bertz CT molecular complexity index is 809. The van der Waals surface area contributed by atoms with Crippen LogP contribution in [0.3, 0.4) is 0 Å². The smallest absolute Gasteiger partial charge is 0.271 e. The average molecular weight is 314 g/mol. The van der Waals surface area contributed by atoms with Gasteiger partial charge in [-0.15, -0.1) is 0 Å². The van der Waals surface area contributed by atoms with E-state index in [9.17, 15) is 27.3 Å². The van der Waals surface area contributed by atoms with Crippen molar-refractivity contribution < 1.29 is 22.1 Å². The summed E-state index contributed by atoms with van der Waals surface area (Å²) in [6.07, 6.45) is 0. The number of benzene rings is 2. The minimum absolute atomic E-state index is 0.104. The van der Waals surface area contributed by atoms with Crippen molar-refractivity contribution in [2.45, 2.75) is 4.90 Å². The van der Waals surface area contributed by atoms with Gasteiger partial charge in [0.05, 0.1) is 10.6 Å². The van der Waals surface area contributed by atoms with Crippen LogP contribution in [0.1, 0.15) is 0 Å². The third-order valence-electron chi connectivity index (χ3n) is 2.49. The molecule has 9 heteroatoms. The molecule has 0 spiro atoms. The van der Waals surface area contributed by atoms with Crippen molar-refractivity contribution in [1.82, 2.24) is 0 Å². The van der Waals surface area contributed by atoms with Gasteiger partial charge < -0.3 is 0 Å². The maximum absolute atomic E-state index is 13.5. The molecule has 0 bridgehead atoms. The van der Waals surface area contributed by atoms with Crippen molar-refractivity contribution in [3.8, 4) is 0 Å². The highest BCUT2D eigenvalue weighted by atomic mass is 32.2. The van der Waals surface area contributed by atoms with E-state index in [1.165, 1.54) is 18.2 Å². The van der Waals surface area contributed by atoms with E-state index in [2.05, 4.69) is 0 Å². The number of rotatable bonds is 4. The van der Waals surface area contributed by atoms with Gasteiger partial charge in [0.15, 0.2) is 0 Å². The predicted molar refractivity (Wildman–Crippen MR) is 70.3 cm³/mol. The number of nitro groups is 1. The summed E-state index contributed by atoms with van der Waals surface area (Å²) in [7, 11) is -4.32. The molecule has 0 heterocycles. The molecule has 0 aliphatic heterocycles. The van der Waals surface area contributed by atoms with Gasteiger partial charge >= 0.3 is 0 Å². The van der Waals surface area contributed by atoms with E-state index in [0.29, 0.717) is 6.07 Å². The summed E-state index contributed by atoms with van der Waals surface area (Å²) in [6, 6.07) is 6.70. The number of nitrogens with one attached hydrogen (secondary N) is 1. The van der Waals surface area contributed by atoms with Crippen LogP contribution in [0.4, 0.5) is 20.2 Å². The fourth-order valence-electron chi connectivity index (χ4n) is 1.59. The molecule has 0 unspecified atom stereocenters. The van der Waals surface area contributed by atoms with Crippen LogP contribution in [0.25, 0.3) is 0 Å². The summed E-state index contributed by atoms with van der Waals surface area (Å²) in [4.78, 5) is 9.15. The first-order valence-electron chi connectivity index (χ1n) is 5.52. The minimum atomic E-state index is -4.32. The molecule has 2 aromatic rings. The third-order valence-corrected chi connectivity index (χ3v) is 3.91. The first kappa shape index (κ1) is 14.9. The van der Waals surface area contributed by atoms with Gasteiger partial charge in [0, 0.05) is 18.2 Å². The van der Waals surface area contributed by atoms with Crippen molar-refractivity contribution in [2.75, 3.05) is 4.72 Å². The molecule has 0 fully saturated rings. The van der Waals surface area contributed by atoms with Crippen molar-refractivity contribution >= 4 is 21.4 Å². The van der Waals surface area contributed by atoms with Gasteiger partial charge in [-0.25, -0.2) is 17.2 Å². The molecule has 0 aliphatic carbocycles. The molecular formula is C12H8F2N2O4S. The van der Waals surface area contributed by atoms with E-state index in [-0.39, 0.29) is 11.4 Å². The van der Waals surface area contributed by atoms with Crippen molar-refractivity contribution in [1.29, 1.82) is 0 Å². The fraction of sp³-hybridized carbons (Fsp3) is 0. The summed E-state index contributed by atoms with van der Waals surface area (Å²) >= 11 is 0. The lowest BCUT2D eigenvalue weighted by atomic mass is 10.3. The number of anilines is 1. The zero-order chi connectivity index (χ0) is 15.6. The lowest BCUT2D eigenvalue weighted by Crippen LogP contribution is -2.14. The molecule has 0 saturated carbocycles. The van der Waals surface area contributed by atoms with E-state index >= 15 is 0 Å². The van der Waals surface area contributed by atoms with Gasteiger partial charge in [-0.3, -0.25) is 14.8 Å². The van der Waals surface area contributed by atoms with Crippen molar-refractivity contribution in [2.24, 2.45) is 0 Å². The average Bonchev–Trinajstić information content (AvgIpc) is 2.37. The van der Waals surface area contributed by atoms with Gasteiger partial charge in [-0.2, -0.15) is 0 Å². The summed E-state index contributed by atoms with van der Waals surface area (Å²) < 4.78 is 52.2. The van der Waals surface area contributed by atoms with E-state index in [0.717, 1.165) is 18.2 Å². The Hall–Kier alpha value is -2.55. The Kier molecular flexibility index (Phi) is 3.85. The molecule has 21 heavy (non-hydrogen) atoms. The van der Waals surface area contributed by atoms with E-state index in [4.69, 9.17) is 0 Å². The number of non-ortho nitro benzene ring substituents is 1. The number of nitro benzene ring substituents is 1. The first-order valence-corrected chi connectivity index (χ1v) is 7.00. The normalized spacial score (nSPS) is 11.1. The Balaban J connectivity index is 2.37. The molecule has 6 nitrogen and oxygen atoms in total. The van der Waals surface area contributed by atoms with Gasteiger partial charge in [-0.1, -0.05) is 6.07 Å². The van der Waals surface area contributed by atoms with Crippen LogP contribution in [0.15, 0.2) is 47.4 Å². The second-order valence-electron chi connectivity index (χ2n) is 3.99.